The highest BCUT2D eigenvalue weighted by molar-refractivity contribution is 7.09. The van der Waals surface area contributed by atoms with Crippen LogP contribution in [0.1, 0.15) is 55.3 Å². The fourth-order valence-corrected chi connectivity index (χ4v) is 4.31. The monoisotopic (exact) mass is 473 g/mol. The van der Waals surface area contributed by atoms with Crippen LogP contribution in [0.2, 0.25) is 0 Å². The molecule has 1 heterocycles. The Morgan fingerprint density at radius 2 is 1.79 bits per heavy atom. The lowest BCUT2D eigenvalue weighted by Crippen LogP contribution is -2.25. The number of thiazole rings is 1. The summed E-state index contributed by atoms with van der Waals surface area (Å²) in [6, 6.07) is 11.7. The number of carbonyl (C=O) groups excluding carboxylic acids is 2. The van der Waals surface area contributed by atoms with E-state index in [2.05, 4.69) is 10.3 Å². The molecule has 1 fully saturated rings. The summed E-state index contributed by atoms with van der Waals surface area (Å²) >= 11 is 1.29. The van der Waals surface area contributed by atoms with E-state index in [1.807, 2.05) is 24.5 Å². The summed E-state index contributed by atoms with van der Waals surface area (Å²) in [6.07, 6.45) is -2.54. The van der Waals surface area contributed by atoms with Gasteiger partial charge < -0.3 is 9.88 Å². The van der Waals surface area contributed by atoms with Crippen LogP contribution >= 0.6 is 11.3 Å². The van der Waals surface area contributed by atoms with Crippen molar-refractivity contribution in [2.45, 2.75) is 45.5 Å². The van der Waals surface area contributed by atoms with Crippen LogP contribution in [0.3, 0.4) is 0 Å². The van der Waals surface area contributed by atoms with Gasteiger partial charge in [-0.25, -0.2) is 0 Å². The van der Waals surface area contributed by atoms with Gasteiger partial charge in [-0.15, -0.1) is 11.3 Å². The maximum atomic E-state index is 13.0. The molecule has 0 unspecified atom stereocenters. The summed E-state index contributed by atoms with van der Waals surface area (Å²) < 4.78 is 40.9. The van der Waals surface area contributed by atoms with Crippen LogP contribution in [0.4, 0.5) is 13.2 Å². The molecule has 0 saturated heterocycles. The molecule has 0 spiro atoms. The van der Waals surface area contributed by atoms with Gasteiger partial charge in [-0.1, -0.05) is 18.2 Å². The van der Waals surface area contributed by atoms with Crippen molar-refractivity contribution >= 4 is 23.2 Å². The third kappa shape index (κ3) is 5.42. The number of alkyl halides is 3. The van der Waals surface area contributed by atoms with E-state index in [4.69, 9.17) is 0 Å². The maximum absolute atomic E-state index is 13.0. The van der Waals surface area contributed by atoms with Crippen molar-refractivity contribution in [1.29, 1.82) is 0 Å². The number of aromatic nitrogens is 1. The lowest BCUT2D eigenvalue weighted by molar-refractivity contribution is -0.137. The van der Waals surface area contributed by atoms with Crippen molar-refractivity contribution in [2.24, 2.45) is 4.99 Å². The second kappa shape index (κ2) is 8.97. The predicted octanol–water partition coefficient (Wildman–Crippen LogP) is 4.87. The normalized spacial score (nSPS) is 14.4. The molecule has 3 aromatic rings. The second-order valence-electron chi connectivity index (χ2n) is 8.06. The number of benzene rings is 2. The lowest BCUT2D eigenvalue weighted by Gasteiger charge is -2.09. The van der Waals surface area contributed by atoms with Crippen LogP contribution in [0.25, 0.3) is 0 Å². The molecule has 0 radical (unpaired) electrons. The lowest BCUT2D eigenvalue weighted by atomic mass is 10.1. The Bertz CT molecular complexity index is 1290. The molecular weight excluding hydrogens is 451 g/mol. The van der Waals surface area contributed by atoms with E-state index in [9.17, 15) is 22.8 Å². The largest absolute Gasteiger partial charge is 0.416 e. The van der Waals surface area contributed by atoms with Crippen molar-refractivity contribution in [3.05, 3.63) is 86.2 Å². The van der Waals surface area contributed by atoms with Gasteiger partial charge >= 0.3 is 6.18 Å². The van der Waals surface area contributed by atoms with Gasteiger partial charge in [-0.3, -0.25) is 9.59 Å². The van der Waals surface area contributed by atoms with Crippen LogP contribution in [-0.4, -0.2) is 22.4 Å². The van der Waals surface area contributed by atoms with Crippen molar-refractivity contribution in [3.8, 4) is 0 Å². The van der Waals surface area contributed by atoms with Crippen molar-refractivity contribution in [2.75, 3.05) is 0 Å². The van der Waals surface area contributed by atoms with Gasteiger partial charge in [0, 0.05) is 27.7 Å². The predicted molar refractivity (Wildman–Crippen MR) is 119 cm³/mol. The minimum Gasteiger partial charge on any atom is -0.349 e. The molecule has 172 valence electrons. The molecular formula is C24H22F3N3O2S. The molecule has 1 aliphatic rings. The Kier molecular flexibility index (Phi) is 6.25. The summed E-state index contributed by atoms with van der Waals surface area (Å²) in [5, 5.41) is 2.96. The molecule has 5 nitrogen and oxygen atoms in total. The fraction of sp³-hybridized carbons (Fsp3) is 0.292. The van der Waals surface area contributed by atoms with Crippen LogP contribution in [0.5, 0.6) is 0 Å². The molecule has 1 saturated carbocycles. The number of aryl methyl sites for hydroxylation is 1. The Labute approximate surface area is 192 Å². The fourth-order valence-electron chi connectivity index (χ4n) is 3.34. The number of hydrogen-bond acceptors (Lipinski definition) is 3. The number of carbonyl (C=O) groups is 2. The highest BCUT2D eigenvalue weighted by atomic mass is 32.1. The van der Waals surface area contributed by atoms with E-state index >= 15 is 0 Å². The molecule has 2 aromatic carbocycles. The SMILES string of the molecule is Cc1sc(=NC(=O)c2cccc(C(F)(F)F)c2)n(Cc2cccc(C(=O)NC3CC3)c2)c1C. The average Bonchev–Trinajstić information content (AvgIpc) is 3.55. The van der Waals surface area contributed by atoms with Gasteiger partial charge in [0.2, 0.25) is 0 Å². The van der Waals surface area contributed by atoms with Crippen molar-refractivity contribution < 1.29 is 22.8 Å². The molecule has 1 N–H and O–H groups in total. The molecule has 4 rings (SSSR count). The van der Waals surface area contributed by atoms with E-state index in [0.717, 1.165) is 41.1 Å². The van der Waals surface area contributed by atoms with Crippen molar-refractivity contribution in [1.82, 2.24) is 9.88 Å². The second-order valence-corrected chi connectivity index (χ2v) is 9.24. The Hall–Kier alpha value is -3.20. The molecule has 0 atom stereocenters. The number of hydrogen-bond donors (Lipinski definition) is 1. The van der Waals surface area contributed by atoms with Gasteiger partial charge in [0.25, 0.3) is 11.8 Å². The minimum absolute atomic E-state index is 0.118. The van der Waals surface area contributed by atoms with Crippen LogP contribution < -0.4 is 10.1 Å². The first-order chi connectivity index (χ1) is 15.6. The minimum atomic E-state index is -4.54. The summed E-state index contributed by atoms with van der Waals surface area (Å²) in [5.74, 6) is -0.860. The number of nitrogens with zero attached hydrogens (tertiary/aromatic N) is 2. The smallest absolute Gasteiger partial charge is 0.349 e. The molecule has 33 heavy (non-hydrogen) atoms. The molecule has 0 bridgehead atoms. The van der Waals surface area contributed by atoms with Crippen molar-refractivity contribution in [3.63, 3.8) is 0 Å². The highest BCUT2D eigenvalue weighted by Gasteiger charge is 2.31. The summed E-state index contributed by atoms with van der Waals surface area (Å²) in [4.78, 5) is 30.5. The molecule has 1 aliphatic carbocycles. The third-order valence-corrected chi connectivity index (χ3v) is 6.56. The van der Waals surface area contributed by atoms with Gasteiger partial charge in [-0.2, -0.15) is 18.2 Å². The van der Waals surface area contributed by atoms with Gasteiger partial charge in [0.05, 0.1) is 12.1 Å². The van der Waals surface area contributed by atoms with E-state index in [0.29, 0.717) is 16.9 Å². The summed E-state index contributed by atoms with van der Waals surface area (Å²) in [5.41, 5.74) is 1.29. The van der Waals surface area contributed by atoms with E-state index in [-0.39, 0.29) is 17.5 Å². The number of halogens is 3. The highest BCUT2D eigenvalue weighted by Crippen LogP contribution is 2.29. The summed E-state index contributed by atoms with van der Waals surface area (Å²) in [6.45, 7) is 4.16. The van der Waals surface area contributed by atoms with E-state index in [1.165, 1.54) is 23.5 Å². The van der Waals surface area contributed by atoms with E-state index < -0.39 is 17.6 Å². The topological polar surface area (TPSA) is 63.5 Å². The first-order valence-corrected chi connectivity index (χ1v) is 11.3. The Morgan fingerprint density at radius 1 is 1.09 bits per heavy atom. The first kappa shape index (κ1) is 23.0. The zero-order valence-corrected chi connectivity index (χ0v) is 18.9. The zero-order chi connectivity index (χ0) is 23.8. The van der Waals surface area contributed by atoms with Crippen LogP contribution in [-0.2, 0) is 12.7 Å². The Balaban J connectivity index is 1.64. The number of amides is 2. The molecule has 0 aliphatic heterocycles. The average molecular weight is 474 g/mol. The zero-order valence-electron chi connectivity index (χ0n) is 18.1. The molecule has 1 aromatic heterocycles. The first-order valence-electron chi connectivity index (χ1n) is 10.4. The number of nitrogens with one attached hydrogen (secondary N) is 1. The number of rotatable bonds is 5. The van der Waals surface area contributed by atoms with Crippen LogP contribution in [0.15, 0.2) is 53.5 Å². The van der Waals surface area contributed by atoms with Gasteiger partial charge in [0.1, 0.15) is 0 Å². The van der Waals surface area contributed by atoms with Crippen LogP contribution in [0, 0.1) is 13.8 Å². The summed E-state index contributed by atoms with van der Waals surface area (Å²) in [7, 11) is 0. The van der Waals surface area contributed by atoms with Gasteiger partial charge in [-0.05, 0) is 62.6 Å². The third-order valence-electron chi connectivity index (χ3n) is 5.47. The van der Waals surface area contributed by atoms with E-state index in [1.54, 1.807) is 18.2 Å². The van der Waals surface area contributed by atoms with Gasteiger partial charge in [0.15, 0.2) is 4.80 Å². The molecule has 2 amide bonds. The molecule has 9 heteroatoms. The standard InChI is InChI=1S/C24H22F3N3O2S/c1-14-15(2)33-23(29-22(32)18-7-4-8-19(12-18)24(25,26)27)30(14)13-16-5-3-6-17(11-16)21(31)28-20-9-10-20/h3-8,11-12,20H,9-10,13H2,1-2H3,(H,28,31). The Morgan fingerprint density at radius 3 is 2.48 bits per heavy atom. The maximum Gasteiger partial charge on any atom is 0.416 e. The quantitative estimate of drug-likeness (QED) is 0.575.